The lowest BCUT2D eigenvalue weighted by atomic mass is 10.0. The molecule has 172 valence electrons. The van der Waals surface area contributed by atoms with Gasteiger partial charge >= 0.3 is 0 Å². The predicted octanol–water partition coefficient (Wildman–Crippen LogP) is 3.78. The topological polar surface area (TPSA) is 76.5 Å². The maximum absolute atomic E-state index is 13.0. The van der Waals surface area contributed by atoms with E-state index in [0.29, 0.717) is 37.7 Å². The van der Waals surface area contributed by atoms with Crippen LogP contribution in [0.1, 0.15) is 28.0 Å². The van der Waals surface area contributed by atoms with Crippen LogP contribution in [0, 0.1) is 6.92 Å². The Kier molecular flexibility index (Phi) is 6.50. The van der Waals surface area contributed by atoms with Gasteiger partial charge < -0.3 is 19.5 Å². The molecule has 1 saturated heterocycles. The average molecular weight is 454 g/mol. The van der Waals surface area contributed by atoms with Crippen molar-refractivity contribution in [3.8, 4) is 11.1 Å². The quantitative estimate of drug-likeness (QED) is 0.635. The van der Waals surface area contributed by atoms with Crippen molar-refractivity contribution in [2.24, 2.45) is 7.05 Å². The van der Waals surface area contributed by atoms with Crippen molar-refractivity contribution in [2.75, 3.05) is 36.5 Å². The number of anilines is 2. The fourth-order valence-electron chi connectivity index (χ4n) is 3.78. The Bertz CT molecular complexity index is 1240. The highest BCUT2D eigenvalue weighted by molar-refractivity contribution is 6.04. The van der Waals surface area contributed by atoms with Gasteiger partial charge in [-0.1, -0.05) is 12.1 Å². The van der Waals surface area contributed by atoms with E-state index in [1.807, 2.05) is 17.9 Å². The summed E-state index contributed by atoms with van der Waals surface area (Å²) in [6.45, 7) is 4.21. The molecule has 3 heterocycles. The Hall–Kier alpha value is -3.59. The van der Waals surface area contributed by atoms with Gasteiger partial charge in [-0.05, 0) is 31.2 Å². The lowest BCUT2D eigenvalue weighted by Crippen LogP contribution is -2.40. The number of hydrogen-bond acceptors (Lipinski definition) is 5. The van der Waals surface area contributed by atoms with E-state index in [0.717, 1.165) is 16.8 Å². The van der Waals surface area contributed by atoms with Gasteiger partial charge in [0, 0.05) is 54.3 Å². The number of ether oxygens (including phenoxy) is 1. The Morgan fingerprint density at radius 1 is 1.18 bits per heavy atom. The number of rotatable bonds is 5. The Balaban J connectivity index is 1.65. The van der Waals surface area contributed by atoms with E-state index in [1.165, 1.54) is 35.0 Å². The van der Waals surface area contributed by atoms with Gasteiger partial charge in [0.15, 0.2) is 0 Å². The molecule has 1 amide bonds. The van der Waals surface area contributed by atoms with E-state index in [1.54, 1.807) is 19.3 Å². The lowest BCUT2D eigenvalue weighted by Gasteiger charge is -2.28. The number of aromatic nitrogens is 2. The molecule has 1 N–H and O–H groups in total. The minimum atomic E-state index is -2.66. The molecular formula is C24H24F2N4O3. The molecule has 1 aromatic carbocycles. The van der Waals surface area contributed by atoms with Gasteiger partial charge in [-0.25, -0.2) is 8.78 Å². The van der Waals surface area contributed by atoms with Crippen LogP contribution in [0.4, 0.5) is 20.2 Å². The summed E-state index contributed by atoms with van der Waals surface area (Å²) in [5.41, 5.74) is 3.06. The zero-order valence-electron chi connectivity index (χ0n) is 18.3. The van der Waals surface area contributed by atoms with Crippen molar-refractivity contribution in [3.05, 3.63) is 76.0 Å². The predicted molar refractivity (Wildman–Crippen MR) is 122 cm³/mol. The normalized spacial score (nSPS) is 13.9. The minimum absolute atomic E-state index is 0.102. The first kappa shape index (κ1) is 22.6. The van der Waals surface area contributed by atoms with Crippen LogP contribution >= 0.6 is 0 Å². The second-order valence-corrected chi connectivity index (χ2v) is 7.87. The Morgan fingerprint density at radius 3 is 2.67 bits per heavy atom. The van der Waals surface area contributed by atoms with Gasteiger partial charge in [0.25, 0.3) is 17.9 Å². The van der Waals surface area contributed by atoms with Gasteiger partial charge in [0.05, 0.1) is 25.1 Å². The molecule has 1 fully saturated rings. The number of amides is 1. The van der Waals surface area contributed by atoms with Crippen LogP contribution in [0.25, 0.3) is 11.1 Å². The van der Waals surface area contributed by atoms with Crippen molar-refractivity contribution in [1.82, 2.24) is 9.55 Å². The maximum atomic E-state index is 13.0. The van der Waals surface area contributed by atoms with E-state index in [9.17, 15) is 18.4 Å². The standard InChI is InChI=1S/C24H24F2N4O3/c1-15-20(18-11-21(24(32)29(2)14-18)30-6-8-33-9-7-30)12-19(13-27-15)28-23(31)17-5-3-4-16(10-17)22(25)26/h3-5,10-14,22H,6-9H2,1-2H3,(H,28,31). The molecule has 0 atom stereocenters. The summed E-state index contributed by atoms with van der Waals surface area (Å²) >= 11 is 0. The number of carbonyl (C=O) groups excluding carboxylic acids is 1. The van der Waals surface area contributed by atoms with Crippen molar-refractivity contribution in [3.63, 3.8) is 0 Å². The van der Waals surface area contributed by atoms with Crippen molar-refractivity contribution in [2.45, 2.75) is 13.3 Å². The first-order valence-corrected chi connectivity index (χ1v) is 10.5. The summed E-state index contributed by atoms with van der Waals surface area (Å²) in [6.07, 6.45) is 0.586. The SMILES string of the molecule is Cc1ncc(NC(=O)c2cccc(C(F)F)c2)cc1-c1cc(N2CCOCC2)c(=O)n(C)c1. The number of benzene rings is 1. The molecule has 2 aromatic heterocycles. The number of nitrogens with one attached hydrogen (secondary N) is 1. The van der Waals surface area contributed by atoms with Crippen molar-refractivity contribution in [1.29, 1.82) is 0 Å². The number of carbonyl (C=O) groups is 1. The fourth-order valence-corrected chi connectivity index (χ4v) is 3.78. The van der Waals surface area contributed by atoms with Crippen molar-refractivity contribution < 1.29 is 18.3 Å². The molecule has 1 aliphatic rings. The van der Waals surface area contributed by atoms with E-state index >= 15 is 0 Å². The van der Waals surface area contributed by atoms with E-state index in [-0.39, 0.29) is 16.7 Å². The lowest BCUT2D eigenvalue weighted by molar-refractivity contribution is 0.102. The molecule has 7 nitrogen and oxygen atoms in total. The molecule has 0 aliphatic carbocycles. The highest BCUT2D eigenvalue weighted by Crippen LogP contribution is 2.28. The van der Waals surface area contributed by atoms with Crippen LogP contribution in [0.2, 0.25) is 0 Å². The third-order valence-corrected chi connectivity index (χ3v) is 5.57. The molecule has 0 saturated carbocycles. The summed E-state index contributed by atoms with van der Waals surface area (Å²) in [7, 11) is 1.69. The fraction of sp³-hybridized carbons (Fsp3) is 0.292. The summed E-state index contributed by atoms with van der Waals surface area (Å²) in [5.74, 6) is -0.511. The summed E-state index contributed by atoms with van der Waals surface area (Å²) in [6, 6.07) is 8.94. The van der Waals surface area contributed by atoms with Crippen molar-refractivity contribution >= 4 is 17.3 Å². The number of nitrogens with zero attached hydrogens (tertiary/aromatic N) is 3. The molecule has 0 bridgehead atoms. The van der Waals surface area contributed by atoms with Crippen LogP contribution < -0.4 is 15.8 Å². The number of halogens is 2. The number of morpholine rings is 1. The van der Waals surface area contributed by atoms with E-state index in [2.05, 4.69) is 10.3 Å². The number of pyridine rings is 2. The largest absolute Gasteiger partial charge is 0.378 e. The molecule has 3 aromatic rings. The molecule has 0 radical (unpaired) electrons. The molecular weight excluding hydrogens is 430 g/mol. The Morgan fingerprint density at radius 2 is 1.94 bits per heavy atom. The summed E-state index contributed by atoms with van der Waals surface area (Å²) < 4.78 is 32.9. The first-order chi connectivity index (χ1) is 15.8. The van der Waals surface area contributed by atoms with Gasteiger partial charge in [0.1, 0.15) is 5.69 Å². The van der Waals surface area contributed by atoms with Crippen LogP contribution in [0.5, 0.6) is 0 Å². The second-order valence-electron chi connectivity index (χ2n) is 7.87. The minimum Gasteiger partial charge on any atom is -0.378 e. The Labute approximate surface area is 189 Å². The monoisotopic (exact) mass is 454 g/mol. The molecule has 33 heavy (non-hydrogen) atoms. The molecule has 4 rings (SSSR count). The summed E-state index contributed by atoms with van der Waals surface area (Å²) in [5, 5.41) is 2.72. The van der Waals surface area contributed by atoms with Crippen LogP contribution in [-0.2, 0) is 11.8 Å². The van der Waals surface area contributed by atoms with Gasteiger partial charge in [-0.3, -0.25) is 14.6 Å². The third-order valence-electron chi connectivity index (χ3n) is 5.57. The van der Waals surface area contributed by atoms with Crippen LogP contribution in [0.15, 0.2) is 53.6 Å². The maximum Gasteiger partial charge on any atom is 0.273 e. The van der Waals surface area contributed by atoms with Gasteiger partial charge in [0.2, 0.25) is 0 Å². The smallest absolute Gasteiger partial charge is 0.273 e. The number of hydrogen-bond donors (Lipinski definition) is 1. The summed E-state index contributed by atoms with van der Waals surface area (Å²) in [4.78, 5) is 31.8. The van der Waals surface area contributed by atoms with Gasteiger partial charge in [-0.2, -0.15) is 0 Å². The third kappa shape index (κ3) is 4.93. The highest BCUT2D eigenvalue weighted by atomic mass is 19.3. The molecule has 1 aliphatic heterocycles. The van der Waals surface area contributed by atoms with E-state index < -0.39 is 12.3 Å². The van der Waals surface area contributed by atoms with E-state index in [4.69, 9.17) is 4.74 Å². The molecule has 0 spiro atoms. The molecule has 9 heteroatoms. The van der Waals surface area contributed by atoms with Crippen LogP contribution in [-0.4, -0.2) is 41.8 Å². The van der Waals surface area contributed by atoms with Crippen LogP contribution in [0.3, 0.4) is 0 Å². The molecule has 0 unspecified atom stereocenters. The highest BCUT2D eigenvalue weighted by Gasteiger charge is 2.18. The zero-order valence-corrected chi connectivity index (χ0v) is 18.3. The first-order valence-electron chi connectivity index (χ1n) is 10.5. The zero-order chi connectivity index (χ0) is 23.5. The number of aryl methyl sites for hydroxylation is 2. The second kappa shape index (κ2) is 9.50. The van der Waals surface area contributed by atoms with Gasteiger partial charge in [-0.15, -0.1) is 0 Å². The number of alkyl halides is 2. The average Bonchev–Trinajstić information content (AvgIpc) is 2.82.